The molecule has 0 fully saturated rings. The molecule has 0 atom stereocenters. The van der Waals surface area contributed by atoms with Crippen LogP contribution < -0.4 is 0 Å². The van der Waals surface area contributed by atoms with E-state index >= 15 is 0 Å². The monoisotopic (exact) mass is 446 g/mol. The van der Waals surface area contributed by atoms with Gasteiger partial charge in [-0.3, -0.25) is 19.2 Å². The quantitative estimate of drug-likeness (QED) is 0.242. The maximum Gasteiger partial charge on any atom is 0.174 e. The standard InChI is InChI=1S/C30H22O4/c31-27(21-13-5-1-6-14-21)25(28(32)22-15-7-2-8-16-22)26(29(33)23-17-9-3-10-18-23)30(34)24-19-11-4-12-20-24/h1-20,25-26H. The van der Waals surface area contributed by atoms with Crippen LogP contribution in [0.1, 0.15) is 41.4 Å². The van der Waals surface area contributed by atoms with Crippen LogP contribution in [0.4, 0.5) is 0 Å². The molecular formula is C30H22O4. The average Bonchev–Trinajstić information content (AvgIpc) is 2.92. The van der Waals surface area contributed by atoms with Gasteiger partial charge in [0.15, 0.2) is 23.1 Å². The van der Waals surface area contributed by atoms with Crippen molar-refractivity contribution < 1.29 is 19.2 Å². The van der Waals surface area contributed by atoms with E-state index in [1.165, 1.54) is 0 Å². The Labute approximate surface area is 197 Å². The lowest BCUT2D eigenvalue weighted by atomic mass is 9.73. The van der Waals surface area contributed by atoms with Gasteiger partial charge in [-0.1, -0.05) is 121 Å². The Morgan fingerprint density at radius 3 is 0.676 bits per heavy atom. The van der Waals surface area contributed by atoms with Gasteiger partial charge in [-0.05, 0) is 0 Å². The van der Waals surface area contributed by atoms with Crippen LogP contribution in [0.5, 0.6) is 0 Å². The highest BCUT2D eigenvalue weighted by Crippen LogP contribution is 2.29. The van der Waals surface area contributed by atoms with Gasteiger partial charge in [0.2, 0.25) is 0 Å². The summed E-state index contributed by atoms with van der Waals surface area (Å²) in [6, 6.07) is 33.2. The molecular weight excluding hydrogens is 424 g/mol. The van der Waals surface area contributed by atoms with E-state index in [4.69, 9.17) is 0 Å². The van der Waals surface area contributed by atoms with Gasteiger partial charge in [0.05, 0.1) is 0 Å². The van der Waals surface area contributed by atoms with Gasteiger partial charge in [-0.25, -0.2) is 0 Å². The van der Waals surface area contributed by atoms with Crippen LogP contribution in [0.15, 0.2) is 121 Å². The highest BCUT2D eigenvalue weighted by atomic mass is 16.2. The van der Waals surface area contributed by atoms with Gasteiger partial charge in [0.25, 0.3) is 0 Å². The summed E-state index contributed by atoms with van der Waals surface area (Å²) < 4.78 is 0. The number of carbonyl (C=O) groups excluding carboxylic acids is 4. The first-order valence-corrected chi connectivity index (χ1v) is 10.9. The minimum absolute atomic E-state index is 0.267. The largest absolute Gasteiger partial charge is 0.293 e. The van der Waals surface area contributed by atoms with Crippen molar-refractivity contribution in [2.75, 3.05) is 0 Å². The third-order valence-electron chi connectivity index (χ3n) is 5.70. The molecule has 0 amide bonds. The Morgan fingerprint density at radius 1 is 0.324 bits per heavy atom. The minimum Gasteiger partial charge on any atom is -0.293 e. The summed E-state index contributed by atoms with van der Waals surface area (Å²) in [5, 5.41) is 0. The summed E-state index contributed by atoms with van der Waals surface area (Å²) in [5.74, 6) is -5.27. The molecule has 0 bridgehead atoms. The summed E-state index contributed by atoms with van der Waals surface area (Å²) in [4.78, 5) is 55.0. The maximum absolute atomic E-state index is 13.7. The van der Waals surface area contributed by atoms with Crippen molar-refractivity contribution in [3.8, 4) is 0 Å². The van der Waals surface area contributed by atoms with Crippen molar-refractivity contribution in [3.05, 3.63) is 144 Å². The Balaban J connectivity index is 1.89. The fraction of sp³-hybridized carbons (Fsp3) is 0.0667. The zero-order valence-electron chi connectivity index (χ0n) is 18.3. The predicted molar refractivity (Wildman–Crippen MR) is 130 cm³/mol. The first-order chi connectivity index (χ1) is 16.6. The molecule has 0 aliphatic heterocycles. The normalized spacial score (nSPS) is 10.8. The molecule has 4 aromatic rings. The lowest BCUT2D eigenvalue weighted by molar-refractivity contribution is 0.0625. The molecule has 0 radical (unpaired) electrons. The highest BCUT2D eigenvalue weighted by molar-refractivity contribution is 6.26. The van der Waals surface area contributed by atoms with E-state index in [1.807, 2.05) is 0 Å². The summed E-state index contributed by atoms with van der Waals surface area (Å²) in [6.45, 7) is 0. The van der Waals surface area contributed by atoms with Crippen LogP contribution in [-0.4, -0.2) is 23.1 Å². The van der Waals surface area contributed by atoms with Crippen LogP contribution in [0.2, 0.25) is 0 Å². The van der Waals surface area contributed by atoms with Gasteiger partial charge >= 0.3 is 0 Å². The van der Waals surface area contributed by atoms with Gasteiger partial charge in [-0.15, -0.1) is 0 Å². The van der Waals surface area contributed by atoms with Crippen LogP contribution in [0.3, 0.4) is 0 Å². The van der Waals surface area contributed by atoms with E-state index in [-0.39, 0.29) is 22.3 Å². The number of rotatable bonds is 9. The first kappa shape index (κ1) is 22.7. The van der Waals surface area contributed by atoms with E-state index in [9.17, 15) is 19.2 Å². The van der Waals surface area contributed by atoms with E-state index in [2.05, 4.69) is 0 Å². The van der Waals surface area contributed by atoms with E-state index in [0.717, 1.165) is 0 Å². The first-order valence-electron chi connectivity index (χ1n) is 10.9. The number of benzene rings is 4. The minimum atomic E-state index is -1.51. The number of ketones is 4. The van der Waals surface area contributed by atoms with Crippen LogP contribution >= 0.6 is 0 Å². The summed E-state index contributed by atoms with van der Waals surface area (Å²) in [5.41, 5.74) is 1.07. The van der Waals surface area contributed by atoms with Crippen molar-refractivity contribution in [3.63, 3.8) is 0 Å². The summed E-state index contributed by atoms with van der Waals surface area (Å²) in [6.07, 6.45) is 0. The maximum atomic E-state index is 13.7. The van der Waals surface area contributed by atoms with Crippen molar-refractivity contribution in [1.82, 2.24) is 0 Å². The smallest absolute Gasteiger partial charge is 0.174 e. The van der Waals surface area contributed by atoms with Crippen molar-refractivity contribution in [1.29, 1.82) is 0 Å². The molecule has 0 spiro atoms. The van der Waals surface area contributed by atoms with Crippen molar-refractivity contribution in [2.45, 2.75) is 0 Å². The second kappa shape index (κ2) is 10.5. The molecule has 0 aliphatic rings. The third-order valence-corrected chi connectivity index (χ3v) is 5.70. The van der Waals surface area contributed by atoms with Gasteiger partial charge in [0, 0.05) is 22.3 Å². The summed E-state index contributed by atoms with van der Waals surface area (Å²) >= 11 is 0. The SMILES string of the molecule is O=C(c1ccccc1)C(C(=O)c1ccccc1)C(C(=O)c1ccccc1)C(=O)c1ccccc1. The fourth-order valence-electron chi connectivity index (χ4n) is 3.97. The average molecular weight is 447 g/mol. The van der Waals surface area contributed by atoms with E-state index in [1.54, 1.807) is 121 Å². The molecule has 0 N–H and O–H groups in total. The Bertz CT molecular complexity index is 1090. The molecule has 0 unspecified atom stereocenters. The topological polar surface area (TPSA) is 68.3 Å². The molecule has 0 heterocycles. The number of hydrogen-bond acceptors (Lipinski definition) is 4. The van der Waals surface area contributed by atoms with Gasteiger partial charge < -0.3 is 0 Å². The molecule has 0 saturated carbocycles. The van der Waals surface area contributed by atoms with Crippen LogP contribution in [-0.2, 0) is 0 Å². The lowest BCUT2D eigenvalue weighted by Crippen LogP contribution is -2.41. The second-order valence-electron chi connectivity index (χ2n) is 7.88. The molecule has 0 aromatic heterocycles. The molecule has 34 heavy (non-hydrogen) atoms. The second-order valence-corrected chi connectivity index (χ2v) is 7.88. The molecule has 4 aromatic carbocycles. The molecule has 4 nitrogen and oxygen atoms in total. The number of carbonyl (C=O) groups is 4. The van der Waals surface area contributed by atoms with Gasteiger partial charge in [-0.2, -0.15) is 0 Å². The van der Waals surface area contributed by atoms with E-state index < -0.39 is 35.0 Å². The molecule has 0 saturated heterocycles. The summed E-state index contributed by atoms with van der Waals surface area (Å²) in [7, 11) is 0. The Hall–Kier alpha value is -4.44. The third kappa shape index (κ3) is 4.81. The highest BCUT2D eigenvalue weighted by Gasteiger charge is 2.44. The molecule has 166 valence electrons. The molecule has 0 aliphatic carbocycles. The molecule has 4 rings (SSSR count). The Kier molecular flexibility index (Phi) is 6.99. The lowest BCUT2D eigenvalue weighted by Gasteiger charge is -2.24. The van der Waals surface area contributed by atoms with Crippen molar-refractivity contribution in [2.24, 2.45) is 11.8 Å². The molecule has 4 heteroatoms. The van der Waals surface area contributed by atoms with Crippen LogP contribution in [0.25, 0.3) is 0 Å². The zero-order chi connectivity index (χ0) is 23.9. The van der Waals surface area contributed by atoms with Crippen molar-refractivity contribution >= 4 is 23.1 Å². The van der Waals surface area contributed by atoms with Gasteiger partial charge in [0.1, 0.15) is 11.8 Å². The fourth-order valence-corrected chi connectivity index (χ4v) is 3.97. The van der Waals surface area contributed by atoms with Crippen LogP contribution in [0, 0.1) is 11.8 Å². The van der Waals surface area contributed by atoms with E-state index in [0.29, 0.717) is 0 Å². The number of hydrogen-bond donors (Lipinski definition) is 0. The predicted octanol–water partition coefficient (Wildman–Crippen LogP) is 5.75. The zero-order valence-corrected chi connectivity index (χ0v) is 18.3. The number of Topliss-reactive ketones (excluding diaryl/α,β-unsaturated/α-hetero) is 4. The Morgan fingerprint density at radius 2 is 0.500 bits per heavy atom.